The average molecular weight is 293 g/mol. The first-order valence-electron chi connectivity index (χ1n) is 7.36. The van der Waals surface area contributed by atoms with Crippen LogP contribution in [-0.4, -0.2) is 23.3 Å². The van der Waals surface area contributed by atoms with E-state index in [1.54, 1.807) is 6.20 Å². The Morgan fingerprint density at radius 2 is 2.14 bits per heavy atom. The minimum Gasteiger partial charge on any atom is -0.346 e. The molecule has 0 saturated carbocycles. The molecule has 110 valence electrons. The fourth-order valence-corrected chi connectivity index (χ4v) is 3.19. The fraction of sp³-hybridized carbons (Fsp3) is 0.235. The van der Waals surface area contributed by atoms with Gasteiger partial charge in [0, 0.05) is 18.3 Å². The van der Waals surface area contributed by atoms with Crippen LogP contribution < -0.4 is 10.2 Å². The minimum absolute atomic E-state index is 0.123. The summed E-state index contributed by atoms with van der Waals surface area (Å²) in [5.74, 6) is 0.0160. The van der Waals surface area contributed by atoms with E-state index in [2.05, 4.69) is 10.3 Å². The number of pyridine rings is 1. The van der Waals surface area contributed by atoms with Gasteiger partial charge in [-0.1, -0.05) is 6.07 Å². The maximum absolute atomic E-state index is 12.3. The van der Waals surface area contributed by atoms with Crippen molar-refractivity contribution in [2.24, 2.45) is 0 Å². The highest BCUT2D eigenvalue weighted by atomic mass is 16.2. The molecule has 0 aliphatic carbocycles. The van der Waals surface area contributed by atoms with E-state index in [0.29, 0.717) is 18.5 Å². The summed E-state index contributed by atoms with van der Waals surface area (Å²) in [6.45, 7) is 1.14. The predicted octanol–water partition coefficient (Wildman–Crippen LogP) is 1.46. The minimum atomic E-state index is -0.123. The van der Waals surface area contributed by atoms with Crippen LogP contribution >= 0.6 is 0 Å². The summed E-state index contributed by atoms with van der Waals surface area (Å²) < 4.78 is 0. The molecule has 0 saturated heterocycles. The molecule has 1 aromatic carbocycles. The number of carbonyl (C=O) groups is 2. The van der Waals surface area contributed by atoms with E-state index in [-0.39, 0.29) is 11.8 Å². The lowest BCUT2D eigenvalue weighted by Crippen LogP contribution is -2.24. The molecule has 0 radical (unpaired) electrons. The van der Waals surface area contributed by atoms with Crippen molar-refractivity contribution in [3.8, 4) is 0 Å². The number of rotatable bonds is 3. The van der Waals surface area contributed by atoms with Crippen LogP contribution in [0.4, 0.5) is 5.69 Å². The van der Waals surface area contributed by atoms with Crippen molar-refractivity contribution in [1.82, 2.24) is 10.3 Å². The number of amides is 2. The molecule has 1 N–H and O–H groups in total. The number of benzene rings is 1. The standard InChI is InChI=1S/C17H15N3O2/c21-15-9-12-8-13(7-11-4-6-20(15)16(11)12)17(22)19-10-14-3-1-2-5-18-14/h1-3,5,7-8H,4,6,9-10H2,(H,19,22). The molecule has 3 heterocycles. The van der Waals surface area contributed by atoms with Crippen LogP contribution in [0.5, 0.6) is 0 Å². The monoisotopic (exact) mass is 293 g/mol. The second-order valence-electron chi connectivity index (χ2n) is 5.62. The molecule has 0 spiro atoms. The Bertz CT molecular complexity index is 771. The largest absolute Gasteiger partial charge is 0.346 e. The highest BCUT2D eigenvalue weighted by Crippen LogP contribution is 2.38. The maximum Gasteiger partial charge on any atom is 0.251 e. The molecular weight excluding hydrogens is 278 g/mol. The van der Waals surface area contributed by atoms with Gasteiger partial charge in [-0.3, -0.25) is 14.6 Å². The van der Waals surface area contributed by atoms with Crippen molar-refractivity contribution in [2.45, 2.75) is 19.4 Å². The van der Waals surface area contributed by atoms with Gasteiger partial charge in [0.2, 0.25) is 5.91 Å². The van der Waals surface area contributed by atoms with Crippen LogP contribution in [0.25, 0.3) is 0 Å². The number of carbonyl (C=O) groups excluding carboxylic acids is 2. The Morgan fingerprint density at radius 3 is 2.95 bits per heavy atom. The third-order valence-electron chi connectivity index (χ3n) is 4.20. The summed E-state index contributed by atoms with van der Waals surface area (Å²) in [5.41, 5.74) is 4.56. The van der Waals surface area contributed by atoms with Crippen molar-refractivity contribution in [1.29, 1.82) is 0 Å². The van der Waals surface area contributed by atoms with Gasteiger partial charge in [0.05, 0.1) is 24.3 Å². The van der Waals surface area contributed by atoms with Crippen molar-refractivity contribution in [2.75, 3.05) is 11.4 Å². The third-order valence-corrected chi connectivity index (χ3v) is 4.20. The SMILES string of the molecule is O=C(NCc1ccccn1)c1cc2c3c(c1)CC(=O)N3CC2. The quantitative estimate of drug-likeness (QED) is 0.932. The van der Waals surface area contributed by atoms with Crippen LogP contribution in [0.2, 0.25) is 0 Å². The van der Waals surface area contributed by atoms with Gasteiger partial charge in [-0.05, 0) is 41.8 Å². The summed E-state index contributed by atoms with van der Waals surface area (Å²) in [7, 11) is 0. The van der Waals surface area contributed by atoms with E-state index < -0.39 is 0 Å². The Hall–Kier alpha value is -2.69. The van der Waals surface area contributed by atoms with Crippen molar-refractivity contribution >= 4 is 17.5 Å². The molecule has 2 aliphatic heterocycles. The van der Waals surface area contributed by atoms with Crippen LogP contribution in [0.15, 0.2) is 36.5 Å². The van der Waals surface area contributed by atoms with Gasteiger partial charge < -0.3 is 10.2 Å². The number of anilines is 1. The Morgan fingerprint density at radius 1 is 1.27 bits per heavy atom. The van der Waals surface area contributed by atoms with E-state index in [1.165, 1.54) is 0 Å². The Kier molecular flexibility index (Phi) is 2.92. The van der Waals surface area contributed by atoms with Gasteiger partial charge >= 0.3 is 0 Å². The molecule has 22 heavy (non-hydrogen) atoms. The zero-order valence-corrected chi connectivity index (χ0v) is 12.0. The van der Waals surface area contributed by atoms with Gasteiger partial charge in [0.1, 0.15) is 0 Å². The maximum atomic E-state index is 12.3. The van der Waals surface area contributed by atoms with E-state index >= 15 is 0 Å². The highest BCUT2D eigenvalue weighted by Gasteiger charge is 2.34. The number of nitrogens with zero attached hydrogens (tertiary/aromatic N) is 2. The lowest BCUT2D eigenvalue weighted by atomic mass is 10.0. The van der Waals surface area contributed by atoms with Gasteiger partial charge in [-0.2, -0.15) is 0 Å². The van der Waals surface area contributed by atoms with Crippen molar-refractivity contribution < 1.29 is 9.59 Å². The molecule has 4 rings (SSSR count). The zero-order chi connectivity index (χ0) is 15.1. The fourth-order valence-electron chi connectivity index (χ4n) is 3.19. The van der Waals surface area contributed by atoms with Crippen molar-refractivity contribution in [3.05, 3.63) is 58.9 Å². The zero-order valence-electron chi connectivity index (χ0n) is 12.0. The molecule has 5 heteroatoms. The second-order valence-corrected chi connectivity index (χ2v) is 5.62. The van der Waals surface area contributed by atoms with E-state index in [4.69, 9.17) is 0 Å². The van der Waals surface area contributed by atoms with Crippen LogP contribution in [0.1, 0.15) is 27.2 Å². The van der Waals surface area contributed by atoms with Crippen LogP contribution in [-0.2, 0) is 24.2 Å². The summed E-state index contributed by atoms with van der Waals surface area (Å²) in [4.78, 5) is 30.3. The molecule has 2 aromatic rings. The number of hydrogen-bond acceptors (Lipinski definition) is 3. The molecule has 2 aliphatic rings. The molecule has 2 amide bonds. The lowest BCUT2D eigenvalue weighted by Gasteiger charge is -2.10. The summed E-state index contributed by atoms with van der Waals surface area (Å²) in [6, 6.07) is 9.36. The van der Waals surface area contributed by atoms with Crippen LogP contribution in [0.3, 0.4) is 0 Å². The molecule has 5 nitrogen and oxygen atoms in total. The highest BCUT2D eigenvalue weighted by molar-refractivity contribution is 6.05. The molecule has 0 unspecified atom stereocenters. The predicted molar refractivity (Wildman–Crippen MR) is 81.6 cm³/mol. The first-order chi connectivity index (χ1) is 10.7. The first kappa shape index (κ1) is 13.0. The lowest BCUT2D eigenvalue weighted by molar-refractivity contribution is -0.117. The van der Waals surface area contributed by atoms with Gasteiger partial charge in [0.25, 0.3) is 5.91 Å². The molecule has 0 bridgehead atoms. The van der Waals surface area contributed by atoms with E-state index in [1.807, 2.05) is 35.2 Å². The third kappa shape index (κ3) is 2.06. The Labute approximate surface area is 128 Å². The smallest absolute Gasteiger partial charge is 0.251 e. The average Bonchev–Trinajstić information content (AvgIpc) is 3.11. The first-order valence-corrected chi connectivity index (χ1v) is 7.36. The number of hydrogen-bond donors (Lipinski definition) is 1. The van der Waals surface area contributed by atoms with Crippen molar-refractivity contribution in [3.63, 3.8) is 0 Å². The molecule has 1 aromatic heterocycles. The number of aromatic nitrogens is 1. The summed E-state index contributed by atoms with van der Waals surface area (Å²) in [5, 5.41) is 2.88. The van der Waals surface area contributed by atoms with E-state index in [9.17, 15) is 9.59 Å². The normalized spacial score (nSPS) is 15.1. The Balaban J connectivity index is 1.55. The summed E-state index contributed by atoms with van der Waals surface area (Å²) >= 11 is 0. The number of nitrogens with one attached hydrogen (secondary N) is 1. The second kappa shape index (κ2) is 4.94. The molecular formula is C17H15N3O2. The van der Waals surface area contributed by atoms with Gasteiger partial charge in [-0.15, -0.1) is 0 Å². The topological polar surface area (TPSA) is 62.3 Å². The van der Waals surface area contributed by atoms with E-state index in [0.717, 1.165) is 35.5 Å². The molecule has 0 fully saturated rings. The molecule has 0 atom stereocenters. The summed E-state index contributed by atoms with van der Waals surface area (Å²) in [6.07, 6.45) is 2.94. The van der Waals surface area contributed by atoms with Crippen LogP contribution in [0, 0.1) is 0 Å². The van der Waals surface area contributed by atoms with Gasteiger partial charge in [0.15, 0.2) is 0 Å². The van der Waals surface area contributed by atoms with Gasteiger partial charge in [-0.25, -0.2) is 0 Å².